The normalized spacial score (nSPS) is 25.0. The molecule has 0 amide bonds. The molecule has 0 aliphatic heterocycles. The number of hydrogen-bond donors (Lipinski definition) is 1. The first kappa shape index (κ1) is 17.4. The average Bonchev–Trinajstić information content (AvgIpc) is 2.56. The third-order valence-electron chi connectivity index (χ3n) is 4.56. The Morgan fingerprint density at radius 3 is 2.52 bits per heavy atom. The van der Waals surface area contributed by atoms with Crippen molar-refractivity contribution in [3.05, 3.63) is 64.2 Å². The Hall–Kier alpha value is -1.94. The standard InChI is InChI=1S/C19H25NO3/c1-3-8-18(21)17-12-11-16(15-9-6-5-7-10-15)14-19(17,13-4-2)20(22)23/h5-7,9-12,14,17-18,21H,3-4,8,13H2,1-2H3. The van der Waals surface area contributed by atoms with Crippen molar-refractivity contribution in [3.8, 4) is 0 Å². The third kappa shape index (κ3) is 3.53. The number of nitrogens with zero attached hydrogens (tertiary/aromatic N) is 1. The zero-order valence-electron chi connectivity index (χ0n) is 13.8. The van der Waals surface area contributed by atoms with E-state index in [2.05, 4.69) is 0 Å². The number of hydrogen-bond acceptors (Lipinski definition) is 3. The smallest absolute Gasteiger partial charge is 0.249 e. The van der Waals surface area contributed by atoms with E-state index in [0.717, 1.165) is 17.6 Å². The zero-order chi connectivity index (χ0) is 16.9. The predicted molar refractivity (Wildman–Crippen MR) is 92.6 cm³/mol. The van der Waals surface area contributed by atoms with Crippen molar-refractivity contribution in [3.63, 3.8) is 0 Å². The van der Waals surface area contributed by atoms with Gasteiger partial charge in [0.1, 0.15) is 0 Å². The Morgan fingerprint density at radius 1 is 1.26 bits per heavy atom. The fourth-order valence-corrected chi connectivity index (χ4v) is 3.44. The minimum absolute atomic E-state index is 0.202. The van der Waals surface area contributed by atoms with E-state index in [4.69, 9.17) is 0 Å². The van der Waals surface area contributed by atoms with E-state index in [1.54, 1.807) is 6.08 Å². The molecule has 1 aliphatic carbocycles. The number of aliphatic hydroxyl groups excluding tert-OH is 1. The summed E-state index contributed by atoms with van der Waals surface area (Å²) in [5.41, 5.74) is 0.591. The summed E-state index contributed by atoms with van der Waals surface area (Å²) in [6.07, 6.45) is 7.31. The lowest BCUT2D eigenvalue weighted by Crippen LogP contribution is -2.49. The van der Waals surface area contributed by atoms with E-state index in [1.165, 1.54) is 0 Å². The van der Waals surface area contributed by atoms with Crippen LogP contribution in [0.1, 0.15) is 45.1 Å². The molecule has 2 rings (SSSR count). The number of rotatable bonds is 7. The maximum Gasteiger partial charge on any atom is 0.249 e. The summed E-state index contributed by atoms with van der Waals surface area (Å²) in [6, 6.07) is 9.69. The Bertz CT molecular complexity index is 594. The van der Waals surface area contributed by atoms with Crippen molar-refractivity contribution in [1.29, 1.82) is 0 Å². The van der Waals surface area contributed by atoms with E-state index in [1.807, 2.05) is 56.3 Å². The van der Waals surface area contributed by atoms with Gasteiger partial charge in [0.25, 0.3) is 0 Å². The summed E-state index contributed by atoms with van der Waals surface area (Å²) in [7, 11) is 0. The van der Waals surface area contributed by atoms with Gasteiger partial charge in [-0.2, -0.15) is 0 Å². The molecule has 0 saturated carbocycles. The van der Waals surface area contributed by atoms with Crippen molar-refractivity contribution in [2.45, 2.75) is 51.2 Å². The van der Waals surface area contributed by atoms with Crippen molar-refractivity contribution in [2.24, 2.45) is 5.92 Å². The fraction of sp³-hybridized carbons (Fsp3) is 0.474. The summed E-state index contributed by atoms with van der Waals surface area (Å²) in [6.45, 7) is 3.93. The van der Waals surface area contributed by atoms with Crippen LogP contribution in [-0.4, -0.2) is 21.7 Å². The summed E-state index contributed by atoms with van der Waals surface area (Å²) >= 11 is 0. The maximum atomic E-state index is 12.0. The summed E-state index contributed by atoms with van der Waals surface area (Å²) in [5, 5.41) is 22.4. The lowest BCUT2D eigenvalue weighted by Gasteiger charge is -2.35. The SMILES string of the molecule is CCCC(O)C1C=CC(c2ccccc2)=CC1(CCC)[N+](=O)[O-]. The third-order valence-corrected chi connectivity index (χ3v) is 4.56. The van der Waals surface area contributed by atoms with Gasteiger partial charge in [0.05, 0.1) is 12.0 Å². The highest BCUT2D eigenvalue weighted by Gasteiger charge is 2.51. The van der Waals surface area contributed by atoms with E-state index in [0.29, 0.717) is 19.3 Å². The van der Waals surface area contributed by atoms with Crippen LogP contribution in [-0.2, 0) is 0 Å². The molecule has 23 heavy (non-hydrogen) atoms. The van der Waals surface area contributed by atoms with Gasteiger partial charge in [-0.05, 0) is 24.0 Å². The van der Waals surface area contributed by atoms with Crippen molar-refractivity contribution < 1.29 is 10.0 Å². The average molecular weight is 315 g/mol. The van der Waals surface area contributed by atoms with Gasteiger partial charge < -0.3 is 5.11 Å². The summed E-state index contributed by atoms with van der Waals surface area (Å²) in [4.78, 5) is 11.8. The highest BCUT2D eigenvalue weighted by Crippen LogP contribution is 2.39. The molecule has 0 spiro atoms. The van der Waals surface area contributed by atoms with E-state index in [-0.39, 0.29) is 4.92 Å². The molecule has 0 radical (unpaired) electrons. The molecule has 3 unspecified atom stereocenters. The maximum absolute atomic E-state index is 12.0. The topological polar surface area (TPSA) is 63.4 Å². The number of allylic oxidation sites excluding steroid dienone is 2. The first-order valence-electron chi connectivity index (χ1n) is 8.34. The van der Waals surface area contributed by atoms with E-state index in [9.17, 15) is 15.2 Å². The summed E-state index contributed by atoms with van der Waals surface area (Å²) in [5.74, 6) is -0.482. The van der Waals surface area contributed by atoms with Crippen LogP contribution in [0.5, 0.6) is 0 Å². The predicted octanol–water partition coefficient (Wildman–Crippen LogP) is 4.23. The van der Waals surface area contributed by atoms with Crippen LogP contribution in [0.15, 0.2) is 48.6 Å². The first-order valence-corrected chi connectivity index (χ1v) is 8.34. The van der Waals surface area contributed by atoms with Crippen molar-refractivity contribution in [1.82, 2.24) is 0 Å². The molecule has 0 saturated heterocycles. The van der Waals surface area contributed by atoms with Crippen LogP contribution >= 0.6 is 0 Å². The monoisotopic (exact) mass is 315 g/mol. The quantitative estimate of drug-likeness (QED) is 0.605. The molecule has 124 valence electrons. The van der Waals surface area contributed by atoms with Crippen LogP contribution in [0.4, 0.5) is 0 Å². The molecule has 0 bridgehead atoms. The molecular weight excluding hydrogens is 290 g/mol. The molecule has 1 aliphatic rings. The highest BCUT2D eigenvalue weighted by atomic mass is 16.6. The van der Waals surface area contributed by atoms with E-state index >= 15 is 0 Å². The Morgan fingerprint density at radius 2 is 1.96 bits per heavy atom. The van der Waals surface area contributed by atoms with Crippen molar-refractivity contribution in [2.75, 3.05) is 0 Å². The fourth-order valence-electron chi connectivity index (χ4n) is 3.44. The van der Waals surface area contributed by atoms with Crippen LogP contribution in [0.3, 0.4) is 0 Å². The lowest BCUT2D eigenvalue weighted by atomic mass is 9.72. The van der Waals surface area contributed by atoms with Gasteiger partial charge in [-0.25, -0.2) is 0 Å². The number of aliphatic hydroxyl groups is 1. The lowest BCUT2D eigenvalue weighted by molar-refractivity contribution is -0.567. The molecule has 3 atom stereocenters. The molecule has 1 aromatic carbocycles. The largest absolute Gasteiger partial charge is 0.392 e. The Labute approximate surface area is 137 Å². The Kier molecular flexibility index (Phi) is 5.72. The van der Waals surface area contributed by atoms with Gasteiger partial charge in [0.2, 0.25) is 5.54 Å². The van der Waals surface area contributed by atoms with Gasteiger partial charge in [0, 0.05) is 17.4 Å². The van der Waals surface area contributed by atoms with Crippen molar-refractivity contribution >= 4 is 5.57 Å². The zero-order valence-corrected chi connectivity index (χ0v) is 13.8. The van der Waals surface area contributed by atoms with Gasteiger partial charge in [0.15, 0.2) is 0 Å². The van der Waals surface area contributed by atoms with Gasteiger partial charge in [-0.15, -0.1) is 0 Å². The molecular formula is C19H25NO3. The van der Waals surface area contributed by atoms with Gasteiger partial charge >= 0.3 is 0 Å². The van der Waals surface area contributed by atoms with Crippen LogP contribution in [0.2, 0.25) is 0 Å². The molecule has 1 N–H and O–H groups in total. The van der Waals surface area contributed by atoms with Crippen LogP contribution < -0.4 is 0 Å². The highest BCUT2D eigenvalue weighted by molar-refractivity contribution is 5.76. The van der Waals surface area contributed by atoms with E-state index < -0.39 is 17.6 Å². The minimum Gasteiger partial charge on any atom is -0.392 e. The second-order valence-electron chi connectivity index (χ2n) is 6.20. The van der Waals surface area contributed by atoms with Crippen LogP contribution in [0.25, 0.3) is 5.57 Å². The Balaban J connectivity index is 2.48. The second-order valence-corrected chi connectivity index (χ2v) is 6.20. The first-order chi connectivity index (χ1) is 11.0. The molecule has 0 heterocycles. The minimum atomic E-state index is -1.23. The second kappa shape index (κ2) is 7.55. The molecule has 0 fully saturated rings. The molecule has 4 nitrogen and oxygen atoms in total. The van der Waals surface area contributed by atoms with Crippen LogP contribution in [0, 0.1) is 16.0 Å². The number of benzene rings is 1. The van der Waals surface area contributed by atoms with Gasteiger partial charge in [-0.3, -0.25) is 10.1 Å². The molecule has 4 heteroatoms. The molecule has 1 aromatic rings. The molecule has 0 aromatic heterocycles. The summed E-state index contributed by atoms with van der Waals surface area (Å²) < 4.78 is 0. The number of nitro groups is 1. The van der Waals surface area contributed by atoms with Gasteiger partial charge in [-0.1, -0.05) is 62.8 Å².